The van der Waals surface area contributed by atoms with Crippen LogP contribution in [0.5, 0.6) is 5.75 Å². The third-order valence-corrected chi connectivity index (χ3v) is 4.54. The summed E-state index contributed by atoms with van der Waals surface area (Å²) in [7, 11) is 0. The maximum Gasteiger partial charge on any atom is 0.248 e. The van der Waals surface area contributed by atoms with Gasteiger partial charge in [0, 0.05) is 18.0 Å². The molecule has 1 aromatic heterocycles. The predicted octanol–water partition coefficient (Wildman–Crippen LogP) is 3.82. The average Bonchev–Trinajstić information content (AvgIpc) is 3.04. The number of carbonyl (C=O) groups excluding carboxylic acids is 1. The zero-order chi connectivity index (χ0) is 18.1. The van der Waals surface area contributed by atoms with Gasteiger partial charge >= 0.3 is 0 Å². The SMILES string of the molecule is CCN(CC)CCOc1ccccc1NC(=O)/C=C/c1csc(C)n1. The quantitative estimate of drug-likeness (QED) is 0.692. The minimum Gasteiger partial charge on any atom is -0.490 e. The first-order valence-corrected chi connectivity index (χ1v) is 9.35. The molecule has 0 fully saturated rings. The molecule has 0 atom stereocenters. The van der Waals surface area contributed by atoms with Crippen LogP contribution < -0.4 is 10.1 Å². The van der Waals surface area contributed by atoms with Crippen LogP contribution in [0.2, 0.25) is 0 Å². The van der Waals surface area contributed by atoms with Crippen LogP contribution in [0.4, 0.5) is 5.69 Å². The molecule has 5 nitrogen and oxygen atoms in total. The molecule has 0 saturated heterocycles. The van der Waals surface area contributed by atoms with Gasteiger partial charge < -0.3 is 15.0 Å². The predicted molar refractivity (Wildman–Crippen MR) is 104 cm³/mol. The van der Waals surface area contributed by atoms with E-state index < -0.39 is 0 Å². The number of nitrogens with one attached hydrogen (secondary N) is 1. The van der Waals surface area contributed by atoms with E-state index in [1.165, 1.54) is 6.08 Å². The molecule has 0 unspecified atom stereocenters. The third kappa shape index (κ3) is 6.32. The smallest absolute Gasteiger partial charge is 0.248 e. The van der Waals surface area contributed by atoms with Crippen molar-refractivity contribution in [2.24, 2.45) is 0 Å². The number of thiazole rings is 1. The summed E-state index contributed by atoms with van der Waals surface area (Å²) in [6.45, 7) is 9.65. The fraction of sp³-hybridized carbons (Fsp3) is 0.368. The van der Waals surface area contributed by atoms with Gasteiger partial charge in [-0.1, -0.05) is 26.0 Å². The van der Waals surface area contributed by atoms with Crippen molar-refractivity contribution >= 4 is 29.0 Å². The molecular formula is C19H25N3O2S. The molecule has 1 N–H and O–H groups in total. The molecule has 2 aromatic rings. The second-order valence-electron chi connectivity index (χ2n) is 5.49. The largest absolute Gasteiger partial charge is 0.490 e. The molecule has 0 saturated carbocycles. The first-order valence-electron chi connectivity index (χ1n) is 8.47. The molecule has 0 aliphatic rings. The van der Waals surface area contributed by atoms with E-state index >= 15 is 0 Å². The maximum absolute atomic E-state index is 12.1. The molecule has 134 valence electrons. The van der Waals surface area contributed by atoms with Crippen molar-refractivity contribution < 1.29 is 9.53 Å². The number of aromatic nitrogens is 1. The van der Waals surface area contributed by atoms with Crippen molar-refractivity contribution in [3.8, 4) is 5.75 Å². The molecule has 0 bridgehead atoms. The molecule has 0 radical (unpaired) electrons. The molecule has 0 aliphatic carbocycles. The van der Waals surface area contributed by atoms with E-state index in [1.807, 2.05) is 36.6 Å². The van der Waals surface area contributed by atoms with Gasteiger partial charge in [0.25, 0.3) is 0 Å². The first-order chi connectivity index (χ1) is 12.1. The number of benzene rings is 1. The summed E-state index contributed by atoms with van der Waals surface area (Å²) >= 11 is 1.56. The summed E-state index contributed by atoms with van der Waals surface area (Å²) < 4.78 is 5.85. The number of aryl methyl sites for hydroxylation is 1. The van der Waals surface area contributed by atoms with E-state index in [0.29, 0.717) is 18.0 Å². The molecule has 1 aromatic carbocycles. The summed E-state index contributed by atoms with van der Waals surface area (Å²) in [6, 6.07) is 7.48. The van der Waals surface area contributed by atoms with Gasteiger partial charge in [-0.2, -0.15) is 0 Å². The Balaban J connectivity index is 1.92. The number of hydrogen-bond acceptors (Lipinski definition) is 5. The van der Waals surface area contributed by atoms with Gasteiger partial charge in [-0.05, 0) is 38.2 Å². The Labute approximate surface area is 153 Å². The van der Waals surface area contributed by atoms with Crippen LogP contribution in [-0.4, -0.2) is 42.0 Å². The maximum atomic E-state index is 12.1. The van der Waals surface area contributed by atoms with E-state index in [2.05, 4.69) is 29.0 Å². The van der Waals surface area contributed by atoms with Gasteiger partial charge in [-0.3, -0.25) is 4.79 Å². The highest BCUT2D eigenvalue weighted by molar-refractivity contribution is 7.09. The van der Waals surface area contributed by atoms with Gasteiger partial charge in [0.2, 0.25) is 5.91 Å². The second-order valence-corrected chi connectivity index (χ2v) is 6.55. The highest BCUT2D eigenvalue weighted by Crippen LogP contribution is 2.23. The number of hydrogen-bond donors (Lipinski definition) is 1. The van der Waals surface area contributed by atoms with Crippen molar-refractivity contribution in [2.45, 2.75) is 20.8 Å². The number of amides is 1. The zero-order valence-electron chi connectivity index (χ0n) is 15.0. The summed E-state index contributed by atoms with van der Waals surface area (Å²) in [4.78, 5) is 18.7. The van der Waals surface area contributed by atoms with E-state index in [-0.39, 0.29) is 5.91 Å². The van der Waals surface area contributed by atoms with Crippen LogP contribution >= 0.6 is 11.3 Å². The zero-order valence-corrected chi connectivity index (χ0v) is 15.8. The molecule has 25 heavy (non-hydrogen) atoms. The van der Waals surface area contributed by atoms with E-state index in [0.717, 1.165) is 30.3 Å². The number of rotatable bonds is 9. The summed E-state index contributed by atoms with van der Waals surface area (Å²) in [5.41, 5.74) is 1.47. The lowest BCUT2D eigenvalue weighted by atomic mass is 10.3. The molecule has 1 heterocycles. The monoisotopic (exact) mass is 359 g/mol. The summed E-state index contributed by atoms with van der Waals surface area (Å²) in [5, 5.41) is 5.76. The van der Waals surface area contributed by atoms with E-state index in [1.54, 1.807) is 17.4 Å². The lowest BCUT2D eigenvalue weighted by molar-refractivity contribution is -0.111. The van der Waals surface area contributed by atoms with Gasteiger partial charge in [-0.15, -0.1) is 11.3 Å². The van der Waals surface area contributed by atoms with Crippen molar-refractivity contribution in [2.75, 3.05) is 31.6 Å². The normalized spacial score (nSPS) is 11.2. The average molecular weight is 359 g/mol. The number of likely N-dealkylation sites (N-methyl/N-ethyl adjacent to an activating group) is 1. The molecule has 2 rings (SSSR count). The number of anilines is 1. The van der Waals surface area contributed by atoms with E-state index in [4.69, 9.17) is 4.74 Å². The third-order valence-electron chi connectivity index (χ3n) is 3.75. The van der Waals surface area contributed by atoms with Crippen LogP contribution in [0.25, 0.3) is 6.08 Å². The van der Waals surface area contributed by atoms with Crippen LogP contribution in [0.1, 0.15) is 24.5 Å². The minimum atomic E-state index is -0.203. The van der Waals surface area contributed by atoms with Crippen LogP contribution in [0, 0.1) is 6.92 Å². The Morgan fingerprint density at radius 3 is 2.76 bits per heavy atom. The molecule has 0 spiro atoms. The van der Waals surface area contributed by atoms with Crippen molar-refractivity contribution in [3.63, 3.8) is 0 Å². The van der Waals surface area contributed by atoms with Crippen molar-refractivity contribution in [1.82, 2.24) is 9.88 Å². The van der Waals surface area contributed by atoms with Crippen molar-refractivity contribution in [3.05, 3.63) is 46.4 Å². The Hall–Kier alpha value is -2.18. The Morgan fingerprint density at radius 2 is 2.08 bits per heavy atom. The number of para-hydroxylation sites is 2. The second kappa shape index (κ2) is 9.96. The molecule has 1 amide bonds. The lowest BCUT2D eigenvalue weighted by Crippen LogP contribution is -2.28. The van der Waals surface area contributed by atoms with Gasteiger partial charge in [-0.25, -0.2) is 4.98 Å². The Bertz CT molecular complexity index is 708. The number of ether oxygens (including phenoxy) is 1. The first kappa shape index (κ1) is 19.1. The number of nitrogens with zero attached hydrogens (tertiary/aromatic N) is 2. The highest BCUT2D eigenvalue weighted by Gasteiger charge is 2.07. The fourth-order valence-electron chi connectivity index (χ4n) is 2.31. The van der Waals surface area contributed by atoms with E-state index in [9.17, 15) is 4.79 Å². The topological polar surface area (TPSA) is 54.5 Å². The minimum absolute atomic E-state index is 0.203. The summed E-state index contributed by atoms with van der Waals surface area (Å²) in [6.07, 6.45) is 3.20. The Morgan fingerprint density at radius 1 is 1.32 bits per heavy atom. The van der Waals surface area contributed by atoms with Crippen molar-refractivity contribution in [1.29, 1.82) is 0 Å². The molecule has 6 heteroatoms. The molecule has 0 aliphatic heterocycles. The Kier molecular flexibility index (Phi) is 7.63. The highest BCUT2D eigenvalue weighted by atomic mass is 32.1. The number of carbonyl (C=O) groups is 1. The van der Waals surface area contributed by atoms with Crippen LogP contribution in [-0.2, 0) is 4.79 Å². The lowest BCUT2D eigenvalue weighted by Gasteiger charge is -2.19. The van der Waals surface area contributed by atoms with Gasteiger partial charge in [0.15, 0.2) is 0 Å². The van der Waals surface area contributed by atoms with Gasteiger partial charge in [0.1, 0.15) is 12.4 Å². The van der Waals surface area contributed by atoms with Crippen LogP contribution in [0.3, 0.4) is 0 Å². The fourth-order valence-corrected chi connectivity index (χ4v) is 2.89. The van der Waals surface area contributed by atoms with Crippen LogP contribution in [0.15, 0.2) is 35.7 Å². The molecular weight excluding hydrogens is 334 g/mol. The summed E-state index contributed by atoms with van der Waals surface area (Å²) in [5.74, 6) is 0.478. The van der Waals surface area contributed by atoms with Gasteiger partial charge in [0.05, 0.1) is 16.4 Å². The standard InChI is InChI=1S/C19H25N3O2S/c1-4-22(5-2)12-13-24-18-9-7-6-8-17(18)21-19(23)11-10-16-14-25-15(3)20-16/h6-11,14H,4-5,12-13H2,1-3H3,(H,21,23)/b11-10+.